The number of hydrogen-bond acceptors (Lipinski definition) is 11. The van der Waals surface area contributed by atoms with Gasteiger partial charge < -0.3 is 19.2 Å². The summed E-state index contributed by atoms with van der Waals surface area (Å²) in [5.74, 6) is -2.35. The number of carbonyl (C=O) groups is 4. The summed E-state index contributed by atoms with van der Waals surface area (Å²) in [6.07, 6.45) is -0.0170. The third-order valence-electron chi connectivity index (χ3n) is 5.40. The van der Waals surface area contributed by atoms with Crippen molar-refractivity contribution in [3.8, 4) is 0 Å². The Labute approximate surface area is 229 Å². The minimum atomic E-state index is -4.06. The number of hydrogen-bond donors (Lipinski definition) is 1. The van der Waals surface area contributed by atoms with Crippen LogP contribution in [0.15, 0.2) is 58.8 Å². The number of nitrogens with zero attached hydrogens (tertiary/aromatic N) is 4. The van der Waals surface area contributed by atoms with Crippen LogP contribution >= 0.6 is 18.2 Å². The highest BCUT2D eigenvalue weighted by atomic mass is 32.7. The minimum Gasteiger partial charge on any atom is -0.378 e. The van der Waals surface area contributed by atoms with Gasteiger partial charge in [-0.2, -0.15) is 10.2 Å². The maximum Gasteiger partial charge on any atom is 0.386 e. The second kappa shape index (κ2) is 14.1. The van der Waals surface area contributed by atoms with E-state index in [2.05, 4.69) is 15.1 Å². The molecule has 1 aliphatic rings. The van der Waals surface area contributed by atoms with Gasteiger partial charge in [-0.25, -0.2) is 9.36 Å². The second-order valence-electron chi connectivity index (χ2n) is 8.61. The Morgan fingerprint density at radius 2 is 1.54 bits per heavy atom. The Bertz CT molecular complexity index is 1250. The lowest BCUT2D eigenvalue weighted by molar-refractivity contribution is -0.197. The van der Waals surface area contributed by atoms with E-state index in [0.29, 0.717) is 33.4 Å². The zero-order valence-corrected chi connectivity index (χ0v) is 23.2. The lowest BCUT2D eigenvalue weighted by Gasteiger charge is -2.13. The summed E-state index contributed by atoms with van der Waals surface area (Å²) in [4.78, 5) is 63.6. The average Bonchev–Trinajstić information content (AvgIpc) is 3.22. The first kappa shape index (κ1) is 30.2. The van der Waals surface area contributed by atoms with Crippen LogP contribution in [-0.4, -0.2) is 60.0 Å². The number of carbonyl (C=O) groups excluding carboxylic acids is 4. The molecule has 3 rings (SSSR count). The summed E-state index contributed by atoms with van der Waals surface area (Å²) in [6.45, 7) is -4.20. The van der Waals surface area contributed by atoms with Crippen LogP contribution in [0.3, 0.4) is 0 Å². The summed E-state index contributed by atoms with van der Waals surface area (Å²) < 4.78 is 17.1. The number of ketones is 1. The number of hydroxylamine groups is 2. The summed E-state index contributed by atoms with van der Waals surface area (Å²) in [6, 6.07) is 14.2. The van der Waals surface area contributed by atoms with Gasteiger partial charge in [0.25, 0.3) is 11.8 Å². The molecule has 1 heterocycles. The van der Waals surface area contributed by atoms with E-state index < -0.39 is 24.6 Å². The van der Waals surface area contributed by atoms with E-state index in [1.54, 1.807) is 24.3 Å². The van der Waals surface area contributed by atoms with E-state index >= 15 is 0 Å². The van der Waals surface area contributed by atoms with Crippen LogP contribution in [0.5, 0.6) is 0 Å². The Hall–Kier alpha value is -3.38. The van der Waals surface area contributed by atoms with Gasteiger partial charge in [0.05, 0.1) is 24.4 Å². The molecular formula is C25H29N4O8PS. The molecule has 1 aliphatic heterocycles. The van der Waals surface area contributed by atoms with E-state index in [1.165, 1.54) is 0 Å². The lowest BCUT2D eigenvalue weighted by Crippen LogP contribution is -2.32. The minimum absolute atomic E-state index is 0.0204. The third kappa shape index (κ3) is 9.70. The summed E-state index contributed by atoms with van der Waals surface area (Å²) >= 11 is 0.521. The van der Waals surface area contributed by atoms with Gasteiger partial charge in [0, 0.05) is 50.4 Å². The fourth-order valence-corrected chi connectivity index (χ4v) is 5.63. The van der Waals surface area contributed by atoms with E-state index in [0.717, 1.165) is 5.69 Å². The molecule has 1 N–H and O–H groups in total. The van der Waals surface area contributed by atoms with E-state index in [9.17, 15) is 28.6 Å². The summed E-state index contributed by atoms with van der Waals surface area (Å²) in [5.41, 5.74) is 2.82. The molecule has 0 aliphatic carbocycles. The SMILES string of the molecule is CN(C)c1ccc(N=Nc2ccc(C(=O)CCCOP(=O)(O)SCCC(=O)ON3C(=O)CCC3=O)cc2)cc1. The molecule has 2 amide bonds. The van der Waals surface area contributed by atoms with Gasteiger partial charge in [0.2, 0.25) is 0 Å². The van der Waals surface area contributed by atoms with Crippen molar-refractivity contribution in [1.29, 1.82) is 0 Å². The lowest BCUT2D eigenvalue weighted by atomic mass is 10.1. The molecule has 1 atom stereocenters. The van der Waals surface area contributed by atoms with Crippen LogP contribution in [0, 0.1) is 0 Å². The molecule has 0 bridgehead atoms. The maximum absolute atomic E-state index is 12.4. The molecular weight excluding hydrogens is 547 g/mol. The zero-order valence-electron chi connectivity index (χ0n) is 21.5. The fourth-order valence-electron chi connectivity index (χ4n) is 3.29. The number of benzene rings is 2. The van der Waals surface area contributed by atoms with Crippen molar-refractivity contribution in [3.63, 3.8) is 0 Å². The van der Waals surface area contributed by atoms with E-state index in [4.69, 9.17) is 4.52 Å². The molecule has 0 radical (unpaired) electrons. The zero-order chi connectivity index (χ0) is 28.4. The van der Waals surface area contributed by atoms with Gasteiger partial charge in [-0.3, -0.25) is 14.4 Å². The topological polar surface area (TPSA) is 155 Å². The van der Waals surface area contributed by atoms with Crippen LogP contribution in [0.1, 0.15) is 42.5 Å². The molecule has 2 aromatic carbocycles. The van der Waals surface area contributed by atoms with Gasteiger partial charge in [-0.05, 0) is 66.3 Å². The smallest absolute Gasteiger partial charge is 0.378 e. The van der Waals surface area contributed by atoms with Crippen molar-refractivity contribution >= 4 is 58.8 Å². The van der Waals surface area contributed by atoms with Crippen molar-refractivity contribution in [1.82, 2.24) is 5.06 Å². The number of rotatable bonds is 14. The van der Waals surface area contributed by atoms with Crippen molar-refractivity contribution in [2.45, 2.75) is 32.1 Å². The van der Waals surface area contributed by atoms with E-state index in [1.807, 2.05) is 43.3 Å². The fraction of sp³-hybridized carbons (Fsp3) is 0.360. The van der Waals surface area contributed by atoms with Crippen LogP contribution < -0.4 is 4.90 Å². The molecule has 0 spiro atoms. The Morgan fingerprint density at radius 3 is 2.10 bits per heavy atom. The largest absolute Gasteiger partial charge is 0.386 e. The van der Waals surface area contributed by atoms with Crippen LogP contribution in [0.2, 0.25) is 0 Å². The third-order valence-corrected chi connectivity index (χ3v) is 8.46. The molecule has 14 heteroatoms. The number of anilines is 1. The Balaban J connectivity index is 1.34. The number of amides is 2. The normalized spacial score (nSPS) is 15.0. The predicted molar refractivity (Wildman–Crippen MR) is 145 cm³/mol. The first-order valence-corrected chi connectivity index (χ1v) is 15.2. The highest BCUT2D eigenvalue weighted by molar-refractivity contribution is 8.54. The van der Waals surface area contributed by atoms with Gasteiger partial charge in [0.15, 0.2) is 5.78 Å². The number of imide groups is 1. The molecule has 0 aromatic heterocycles. The van der Waals surface area contributed by atoms with Gasteiger partial charge in [0.1, 0.15) is 0 Å². The molecule has 39 heavy (non-hydrogen) atoms. The van der Waals surface area contributed by atoms with E-state index in [-0.39, 0.29) is 50.2 Å². The molecule has 2 aromatic rings. The van der Waals surface area contributed by atoms with Crippen molar-refractivity contribution in [2.24, 2.45) is 10.2 Å². The van der Waals surface area contributed by atoms with Gasteiger partial charge >= 0.3 is 12.8 Å². The standard InChI is InChI=1S/C25H29N4O8PS/c1-28(2)21-11-9-20(10-12-21)27-26-19-7-5-18(6-8-19)22(30)4-3-16-36-38(34,35)39-17-15-25(33)37-29-23(31)13-14-24(29)32/h5-12H,3-4,13-17H2,1-2H3,(H,34,35). The van der Waals surface area contributed by atoms with Gasteiger partial charge in [-0.15, -0.1) is 5.06 Å². The molecule has 1 saturated heterocycles. The van der Waals surface area contributed by atoms with Crippen LogP contribution in [0.25, 0.3) is 0 Å². The highest BCUT2D eigenvalue weighted by Crippen LogP contribution is 2.55. The highest BCUT2D eigenvalue weighted by Gasteiger charge is 2.33. The molecule has 0 saturated carbocycles. The molecule has 1 fully saturated rings. The monoisotopic (exact) mass is 576 g/mol. The van der Waals surface area contributed by atoms with Crippen LogP contribution in [0.4, 0.5) is 17.1 Å². The second-order valence-corrected chi connectivity index (χ2v) is 12.6. The number of Topliss-reactive ketones (excluding diaryl/α,β-unsaturated/α-hetero) is 1. The van der Waals surface area contributed by atoms with Crippen molar-refractivity contribution < 1.29 is 38.0 Å². The van der Waals surface area contributed by atoms with Gasteiger partial charge in [-0.1, -0.05) is 0 Å². The number of azo groups is 1. The summed E-state index contributed by atoms with van der Waals surface area (Å²) in [7, 11) is 3.90. The quantitative estimate of drug-likeness (QED) is 0.107. The first-order chi connectivity index (χ1) is 18.5. The van der Waals surface area contributed by atoms with Crippen molar-refractivity contribution in [2.75, 3.05) is 31.4 Å². The molecule has 1 unspecified atom stereocenters. The molecule has 208 valence electrons. The summed E-state index contributed by atoms with van der Waals surface area (Å²) in [5, 5.41) is 8.79. The van der Waals surface area contributed by atoms with Crippen LogP contribution in [-0.2, 0) is 28.3 Å². The Kier molecular flexibility index (Phi) is 10.9. The predicted octanol–water partition coefficient (Wildman–Crippen LogP) is 4.98. The molecule has 12 nitrogen and oxygen atoms in total. The Morgan fingerprint density at radius 1 is 0.974 bits per heavy atom. The average molecular weight is 577 g/mol. The van der Waals surface area contributed by atoms with Crippen molar-refractivity contribution in [3.05, 3.63) is 54.1 Å². The first-order valence-electron chi connectivity index (χ1n) is 12.0. The maximum atomic E-state index is 12.4.